The lowest BCUT2D eigenvalue weighted by Gasteiger charge is -2.24. The van der Waals surface area contributed by atoms with Gasteiger partial charge in [-0.3, -0.25) is 0 Å². The Morgan fingerprint density at radius 3 is 2.50 bits per heavy atom. The Kier molecular flexibility index (Phi) is 6.71. The van der Waals surface area contributed by atoms with Crippen molar-refractivity contribution in [3.8, 4) is 0 Å². The van der Waals surface area contributed by atoms with Crippen molar-refractivity contribution in [2.75, 3.05) is 18.0 Å². The summed E-state index contributed by atoms with van der Waals surface area (Å²) in [6.45, 7) is 8.90. The van der Waals surface area contributed by atoms with E-state index in [1.54, 1.807) is 0 Å². The second-order valence-corrected chi connectivity index (χ2v) is 7.38. The highest BCUT2D eigenvalue weighted by Gasteiger charge is 2.09. The molecule has 0 spiro atoms. The van der Waals surface area contributed by atoms with Crippen LogP contribution in [0.1, 0.15) is 30.5 Å². The van der Waals surface area contributed by atoms with Crippen molar-refractivity contribution < 1.29 is 0 Å². The molecule has 2 heteroatoms. The molecule has 2 aromatic rings. The Hall–Kier alpha value is -2.80. The molecule has 1 aliphatic rings. The van der Waals surface area contributed by atoms with Crippen LogP contribution in [0.25, 0.3) is 0 Å². The van der Waals surface area contributed by atoms with Gasteiger partial charge < -0.3 is 10.6 Å². The van der Waals surface area contributed by atoms with E-state index in [2.05, 4.69) is 98.2 Å². The van der Waals surface area contributed by atoms with Gasteiger partial charge >= 0.3 is 0 Å². The van der Waals surface area contributed by atoms with E-state index in [0.29, 0.717) is 6.54 Å². The highest BCUT2D eigenvalue weighted by atomic mass is 15.1. The van der Waals surface area contributed by atoms with E-state index in [1.807, 2.05) is 0 Å². The molecule has 0 aliphatic heterocycles. The Morgan fingerprint density at radius 2 is 1.79 bits per heavy atom. The Morgan fingerprint density at radius 1 is 1.00 bits per heavy atom. The molecule has 0 saturated carbocycles. The van der Waals surface area contributed by atoms with E-state index in [0.717, 1.165) is 30.7 Å². The van der Waals surface area contributed by atoms with Crippen LogP contribution in [0.4, 0.5) is 5.69 Å². The van der Waals surface area contributed by atoms with Gasteiger partial charge in [0, 0.05) is 30.9 Å². The van der Waals surface area contributed by atoms with E-state index in [-0.39, 0.29) is 0 Å². The predicted octanol–water partition coefficient (Wildman–Crippen LogP) is 5.49. The fourth-order valence-corrected chi connectivity index (χ4v) is 3.53. The second kappa shape index (κ2) is 9.41. The van der Waals surface area contributed by atoms with Crippen LogP contribution in [-0.4, -0.2) is 13.1 Å². The van der Waals surface area contributed by atoms with Gasteiger partial charge in [0.05, 0.1) is 0 Å². The van der Waals surface area contributed by atoms with E-state index in [9.17, 15) is 0 Å². The van der Waals surface area contributed by atoms with Gasteiger partial charge in [0.2, 0.25) is 0 Å². The SMILES string of the molecule is CCN(Cc1cc(CC2=CC(CN)=C=C(C)C=C2)ccc1C)c1ccccc1. The number of hydrogen-bond donors (Lipinski definition) is 1. The smallest absolute Gasteiger partial charge is 0.0432 e. The zero-order valence-electron chi connectivity index (χ0n) is 17.2. The number of nitrogens with two attached hydrogens (primary N) is 1. The number of rotatable bonds is 7. The number of nitrogens with zero attached hydrogens (tertiary/aromatic N) is 1. The standard InChI is InChI=1S/C26H30N2/c1-4-28(26-8-6-5-7-9-26)19-25-17-23(13-11-21(25)3)15-22-12-10-20(2)14-24(16-22)18-27/h5-13,16-17H,4,15,18-19,27H2,1-3H3. The third-order valence-electron chi connectivity index (χ3n) is 5.17. The highest BCUT2D eigenvalue weighted by Crippen LogP contribution is 2.22. The summed E-state index contributed by atoms with van der Waals surface area (Å²) in [5, 5.41) is 0. The van der Waals surface area contributed by atoms with Crippen LogP contribution in [0, 0.1) is 6.92 Å². The zero-order chi connectivity index (χ0) is 19.9. The molecule has 0 radical (unpaired) electrons. The minimum absolute atomic E-state index is 0.518. The van der Waals surface area contributed by atoms with Crippen LogP contribution in [0.15, 0.2) is 89.2 Å². The molecular formula is C26H30N2. The Balaban J connectivity index is 1.81. The van der Waals surface area contributed by atoms with Crippen molar-refractivity contribution in [2.24, 2.45) is 5.73 Å². The van der Waals surface area contributed by atoms with Gasteiger partial charge in [-0.15, -0.1) is 5.73 Å². The summed E-state index contributed by atoms with van der Waals surface area (Å²) >= 11 is 0. The van der Waals surface area contributed by atoms with Crippen molar-refractivity contribution in [1.29, 1.82) is 0 Å². The number of allylic oxidation sites excluding steroid dienone is 3. The van der Waals surface area contributed by atoms with E-state index in [4.69, 9.17) is 5.73 Å². The summed E-state index contributed by atoms with van der Waals surface area (Å²) in [7, 11) is 0. The van der Waals surface area contributed by atoms with Crippen LogP contribution in [-0.2, 0) is 13.0 Å². The normalized spacial score (nSPS) is 13.5. The lowest BCUT2D eigenvalue weighted by atomic mass is 9.98. The fourth-order valence-electron chi connectivity index (χ4n) is 3.53. The molecular weight excluding hydrogens is 340 g/mol. The van der Waals surface area contributed by atoms with E-state index < -0.39 is 0 Å². The maximum atomic E-state index is 5.87. The predicted molar refractivity (Wildman–Crippen MR) is 121 cm³/mol. The Bertz CT molecular complexity index is 942. The van der Waals surface area contributed by atoms with E-state index >= 15 is 0 Å². The lowest BCUT2D eigenvalue weighted by molar-refractivity contribution is 0.825. The molecule has 0 atom stereocenters. The van der Waals surface area contributed by atoms with Crippen LogP contribution in [0.3, 0.4) is 0 Å². The number of hydrogen-bond acceptors (Lipinski definition) is 2. The molecule has 2 aromatic carbocycles. The molecule has 0 amide bonds. The number of para-hydroxylation sites is 1. The number of aryl methyl sites for hydroxylation is 1. The molecule has 0 saturated heterocycles. The average Bonchev–Trinajstić information content (AvgIpc) is 2.90. The topological polar surface area (TPSA) is 29.3 Å². The summed E-state index contributed by atoms with van der Waals surface area (Å²) in [6.07, 6.45) is 7.39. The van der Waals surface area contributed by atoms with Crippen LogP contribution < -0.4 is 10.6 Å². The lowest BCUT2D eigenvalue weighted by Crippen LogP contribution is -2.22. The van der Waals surface area contributed by atoms with Crippen molar-refractivity contribution in [3.05, 3.63) is 106 Å². The second-order valence-electron chi connectivity index (χ2n) is 7.38. The molecule has 0 fully saturated rings. The van der Waals surface area contributed by atoms with Crippen molar-refractivity contribution in [3.63, 3.8) is 0 Å². The molecule has 0 heterocycles. The molecule has 1 aliphatic carbocycles. The molecule has 28 heavy (non-hydrogen) atoms. The third-order valence-corrected chi connectivity index (χ3v) is 5.17. The van der Waals surface area contributed by atoms with Crippen LogP contribution in [0.2, 0.25) is 0 Å². The molecule has 3 rings (SSSR count). The average molecular weight is 371 g/mol. The Labute approximate surface area is 169 Å². The fraction of sp³-hybridized carbons (Fsp3) is 0.269. The quantitative estimate of drug-likeness (QED) is 0.653. The van der Waals surface area contributed by atoms with Gasteiger partial charge in [-0.05, 0) is 73.2 Å². The van der Waals surface area contributed by atoms with Gasteiger partial charge in [0.1, 0.15) is 0 Å². The summed E-state index contributed by atoms with van der Waals surface area (Å²) in [5.74, 6) is 0. The first-order chi connectivity index (χ1) is 13.6. The van der Waals surface area contributed by atoms with Crippen LogP contribution in [0.5, 0.6) is 0 Å². The maximum absolute atomic E-state index is 5.87. The minimum atomic E-state index is 0.518. The summed E-state index contributed by atoms with van der Waals surface area (Å²) in [4.78, 5) is 2.42. The maximum Gasteiger partial charge on any atom is 0.0432 e. The minimum Gasteiger partial charge on any atom is -0.367 e. The van der Waals surface area contributed by atoms with Crippen LogP contribution >= 0.6 is 0 Å². The summed E-state index contributed by atoms with van der Waals surface area (Å²) < 4.78 is 0. The first kappa shape index (κ1) is 19.9. The molecule has 0 aromatic heterocycles. The number of anilines is 1. The third kappa shape index (κ3) is 5.13. The molecule has 0 unspecified atom stereocenters. The molecule has 2 N–H and O–H groups in total. The van der Waals surface area contributed by atoms with Gasteiger partial charge in [-0.2, -0.15) is 0 Å². The van der Waals surface area contributed by atoms with Crippen molar-refractivity contribution in [1.82, 2.24) is 0 Å². The van der Waals surface area contributed by atoms with Gasteiger partial charge in [-0.25, -0.2) is 0 Å². The number of benzene rings is 2. The summed E-state index contributed by atoms with van der Waals surface area (Å²) in [5.41, 5.74) is 18.0. The zero-order valence-corrected chi connectivity index (χ0v) is 17.2. The highest BCUT2D eigenvalue weighted by molar-refractivity contribution is 5.48. The van der Waals surface area contributed by atoms with Gasteiger partial charge in [0.25, 0.3) is 0 Å². The summed E-state index contributed by atoms with van der Waals surface area (Å²) in [6, 6.07) is 17.5. The molecule has 144 valence electrons. The van der Waals surface area contributed by atoms with Gasteiger partial charge in [0.15, 0.2) is 0 Å². The molecule has 0 bridgehead atoms. The first-order valence-corrected chi connectivity index (χ1v) is 10.0. The largest absolute Gasteiger partial charge is 0.367 e. The van der Waals surface area contributed by atoms with Crippen molar-refractivity contribution >= 4 is 5.69 Å². The van der Waals surface area contributed by atoms with E-state index in [1.165, 1.54) is 28.0 Å². The van der Waals surface area contributed by atoms with Crippen molar-refractivity contribution in [2.45, 2.75) is 33.7 Å². The molecule has 2 nitrogen and oxygen atoms in total. The monoisotopic (exact) mass is 370 g/mol. The first-order valence-electron chi connectivity index (χ1n) is 10.0. The van der Waals surface area contributed by atoms with Gasteiger partial charge in [-0.1, -0.05) is 48.6 Å².